The summed E-state index contributed by atoms with van der Waals surface area (Å²) in [5.74, 6) is 0.430. The largest absolute Gasteiger partial charge is 0.354 e. The van der Waals surface area contributed by atoms with Crippen LogP contribution in [0.25, 0.3) is 11.0 Å². The van der Waals surface area contributed by atoms with Crippen molar-refractivity contribution in [3.63, 3.8) is 0 Å². The molecule has 3 rings (SSSR count). The molecule has 1 aromatic carbocycles. The van der Waals surface area contributed by atoms with Gasteiger partial charge in [0, 0.05) is 11.6 Å². The average Bonchev–Trinajstić information content (AvgIpc) is 3.01. The molecule has 7 nitrogen and oxygen atoms in total. The summed E-state index contributed by atoms with van der Waals surface area (Å²) >= 11 is 6.00. The maximum Gasteiger partial charge on any atom is 0.263 e. The van der Waals surface area contributed by atoms with Crippen LogP contribution in [0.5, 0.6) is 0 Å². The van der Waals surface area contributed by atoms with E-state index < -0.39 is 0 Å². The van der Waals surface area contributed by atoms with Crippen LogP contribution in [0.3, 0.4) is 0 Å². The van der Waals surface area contributed by atoms with E-state index in [2.05, 4.69) is 25.3 Å². The number of fused-ring (bicyclic) bond motifs is 1. The number of aromatic amines is 1. The standard InChI is InChI=1S/C19H25ClN6O/c1-19(2,3)26-16-14(10-22-26)17(27)24-18(23-16)21-11-15(25(4)5)12-6-8-13(20)9-7-12/h6-10,15H,11H2,1-5H3,(H2,21,23,24,27). The molecule has 8 heteroatoms. The number of hydrogen-bond acceptors (Lipinski definition) is 5. The fourth-order valence-corrected chi connectivity index (χ4v) is 3.10. The van der Waals surface area contributed by atoms with E-state index >= 15 is 0 Å². The van der Waals surface area contributed by atoms with Gasteiger partial charge in [0.1, 0.15) is 5.39 Å². The zero-order valence-electron chi connectivity index (χ0n) is 16.2. The number of likely N-dealkylation sites (N-methyl/N-ethyl adjacent to an activating group) is 1. The number of H-pyrrole nitrogens is 1. The first kappa shape index (κ1) is 19.4. The molecule has 0 amide bonds. The summed E-state index contributed by atoms with van der Waals surface area (Å²) in [5.41, 5.74) is 1.22. The van der Waals surface area contributed by atoms with Crippen LogP contribution in [0.2, 0.25) is 5.02 Å². The highest BCUT2D eigenvalue weighted by Crippen LogP contribution is 2.22. The lowest BCUT2D eigenvalue weighted by molar-refractivity contribution is 0.311. The van der Waals surface area contributed by atoms with Crippen molar-refractivity contribution < 1.29 is 0 Å². The Morgan fingerprint density at radius 2 is 1.93 bits per heavy atom. The van der Waals surface area contributed by atoms with E-state index in [1.807, 2.05) is 59.1 Å². The molecule has 0 spiro atoms. The van der Waals surface area contributed by atoms with Crippen LogP contribution in [-0.2, 0) is 5.54 Å². The van der Waals surface area contributed by atoms with Gasteiger partial charge in [-0.2, -0.15) is 10.1 Å². The van der Waals surface area contributed by atoms with Gasteiger partial charge in [-0.15, -0.1) is 0 Å². The van der Waals surface area contributed by atoms with Gasteiger partial charge in [-0.05, 0) is 52.6 Å². The number of hydrogen-bond donors (Lipinski definition) is 2. The Bertz CT molecular complexity index is 984. The Kier molecular flexibility index (Phi) is 5.26. The van der Waals surface area contributed by atoms with Crippen LogP contribution in [0, 0.1) is 0 Å². The maximum absolute atomic E-state index is 12.4. The fraction of sp³-hybridized carbons (Fsp3) is 0.421. The van der Waals surface area contributed by atoms with Crippen molar-refractivity contribution in [2.24, 2.45) is 0 Å². The third-order valence-corrected chi connectivity index (χ3v) is 4.67. The quantitative estimate of drug-likeness (QED) is 0.701. The first-order valence-electron chi connectivity index (χ1n) is 8.81. The minimum atomic E-state index is -0.269. The summed E-state index contributed by atoms with van der Waals surface area (Å²) in [5, 5.41) is 8.78. The van der Waals surface area contributed by atoms with E-state index in [0.29, 0.717) is 28.5 Å². The lowest BCUT2D eigenvalue weighted by Crippen LogP contribution is -2.28. The molecule has 0 aliphatic carbocycles. The van der Waals surface area contributed by atoms with Gasteiger partial charge in [-0.25, -0.2) is 4.68 Å². The summed E-state index contributed by atoms with van der Waals surface area (Å²) in [6, 6.07) is 7.85. The predicted molar refractivity (Wildman–Crippen MR) is 110 cm³/mol. The van der Waals surface area contributed by atoms with Gasteiger partial charge in [-0.1, -0.05) is 23.7 Å². The minimum absolute atomic E-state index is 0.0933. The molecule has 27 heavy (non-hydrogen) atoms. The zero-order valence-corrected chi connectivity index (χ0v) is 17.0. The van der Waals surface area contributed by atoms with Gasteiger partial charge >= 0.3 is 0 Å². The van der Waals surface area contributed by atoms with E-state index in [1.54, 1.807) is 10.9 Å². The first-order chi connectivity index (χ1) is 12.7. The van der Waals surface area contributed by atoms with Crippen molar-refractivity contribution in [3.05, 3.63) is 51.4 Å². The molecular formula is C19H25ClN6O. The second-order valence-corrected chi connectivity index (χ2v) is 8.23. The van der Waals surface area contributed by atoms with Crippen molar-refractivity contribution in [3.8, 4) is 0 Å². The van der Waals surface area contributed by atoms with Gasteiger partial charge < -0.3 is 10.2 Å². The van der Waals surface area contributed by atoms with Crippen molar-refractivity contribution in [1.82, 2.24) is 24.6 Å². The van der Waals surface area contributed by atoms with Crippen LogP contribution in [0.4, 0.5) is 5.95 Å². The normalized spacial score (nSPS) is 13.3. The summed E-state index contributed by atoms with van der Waals surface area (Å²) in [7, 11) is 4.02. The van der Waals surface area contributed by atoms with Crippen LogP contribution in [0.15, 0.2) is 35.3 Å². The van der Waals surface area contributed by atoms with Crippen LogP contribution in [-0.4, -0.2) is 45.3 Å². The lowest BCUT2D eigenvalue weighted by Gasteiger charge is -2.25. The SMILES string of the molecule is CN(C)C(CNc1nc2c(cnn2C(C)(C)C)c(=O)[nH]1)c1ccc(Cl)cc1. The number of anilines is 1. The van der Waals surface area contributed by atoms with Crippen LogP contribution in [0.1, 0.15) is 32.4 Å². The number of nitrogens with one attached hydrogen (secondary N) is 2. The summed E-state index contributed by atoms with van der Waals surface area (Å²) in [6.45, 7) is 6.65. The number of benzene rings is 1. The molecule has 0 saturated carbocycles. The van der Waals surface area contributed by atoms with Crippen LogP contribution >= 0.6 is 11.6 Å². The van der Waals surface area contributed by atoms with Crippen molar-refractivity contribution in [2.45, 2.75) is 32.4 Å². The highest BCUT2D eigenvalue weighted by molar-refractivity contribution is 6.30. The number of rotatable bonds is 5. The molecule has 3 aromatic rings. The second kappa shape index (κ2) is 7.32. The van der Waals surface area contributed by atoms with Crippen LogP contribution < -0.4 is 10.9 Å². The van der Waals surface area contributed by atoms with Gasteiger partial charge in [0.15, 0.2) is 5.65 Å². The van der Waals surface area contributed by atoms with E-state index in [9.17, 15) is 4.79 Å². The molecule has 0 fully saturated rings. The first-order valence-corrected chi connectivity index (χ1v) is 9.19. The number of halogens is 1. The van der Waals surface area contributed by atoms with E-state index in [0.717, 1.165) is 5.56 Å². The maximum atomic E-state index is 12.4. The topological polar surface area (TPSA) is 78.8 Å². The van der Waals surface area contributed by atoms with Gasteiger partial charge in [-0.3, -0.25) is 9.78 Å². The van der Waals surface area contributed by atoms with E-state index in [1.165, 1.54) is 0 Å². The molecular weight excluding hydrogens is 364 g/mol. The molecule has 0 saturated heterocycles. The molecule has 144 valence electrons. The lowest BCUT2D eigenvalue weighted by atomic mass is 10.1. The number of aromatic nitrogens is 4. The smallest absolute Gasteiger partial charge is 0.263 e. The predicted octanol–water partition coefficient (Wildman–Crippen LogP) is 3.24. The van der Waals surface area contributed by atoms with Gasteiger partial charge in [0.25, 0.3) is 5.56 Å². The monoisotopic (exact) mass is 388 g/mol. The molecule has 0 radical (unpaired) electrons. The molecule has 1 unspecified atom stereocenters. The Hall–Kier alpha value is -2.38. The summed E-state index contributed by atoms with van der Waals surface area (Å²) in [6.07, 6.45) is 1.56. The highest BCUT2D eigenvalue weighted by atomic mass is 35.5. The molecule has 2 N–H and O–H groups in total. The average molecular weight is 389 g/mol. The second-order valence-electron chi connectivity index (χ2n) is 7.79. The zero-order chi connectivity index (χ0) is 19.8. The fourth-order valence-electron chi connectivity index (χ4n) is 2.97. The molecule has 0 aliphatic rings. The van der Waals surface area contributed by atoms with Crippen molar-refractivity contribution in [2.75, 3.05) is 26.0 Å². The number of nitrogens with zero attached hydrogens (tertiary/aromatic N) is 4. The van der Waals surface area contributed by atoms with E-state index in [-0.39, 0.29) is 17.1 Å². The van der Waals surface area contributed by atoms with Gasteiger partial charge in [0.2, 0.25) is 5.95 Å². The Morgan fingerprint density at radius 1 is 1.26 bits per heavy atom. The van der Waals surface area contributed by atoms with Gasteiger partial charge in [0.05, 0.1) is 17.8 Å². The summed E-state index contributed by atoms with van der Waals surface area (Å²) in [4.78, 5) is 21.9. The minimum Gasteiger partial charge on any atom is -0.354 e. The Morgan fingerprint density at radius 3 is 2.52 bits per heavy atom. The third-order valence-electron chi connectivity index (χ3n) is 4.41. The molecule has 0 bridgehead atoms. The Labute approximate surface area is 163 Å². The molecule has 2 heterocycles. The van der Waals surface area contributed by atoms with E-state index in [4.69, 9.17) is 11.6 Å². The molecule has 1 atom stereocenters. The summed E-state index contributed by atoms with van der Waals surface area (Å²) < 4.78 is 1.77. The highest BCUT2D eigenvalue weighted by Gasteiger charge is 2.20. The molecule has 2 aromatic heterocycles. The third kappa shape index (κ3) is 4.14. The van der Waals surface area contributed by atoms with Crippen molar-refractivity contribution >= 4 is 28.6 Å². The molecule has 0 aliphatic heterocycles. The Balaban J connectivity index is 1.89. The van der Waals surface area contributed by atoms with Crippen molar-refractivity contribution in [1.29, 1.82) is 0 Å².